The highest BCUT2D eigenvalue weighted by molar-refractivity contribution is 7.15. The van der Waals surface area contributed by atoms with E-state index in [4.69, 9.17) is 9.47 Å². The van der Waals surface area contributed by atoms with E-state index < -0.39 is 5.97 Å². The summed E-state index contributed by atoms with van der Waals surface area (Å²) in [6.45, 7) is 9.77. The lowest BCUT2D eigenvalue weighted by molar-refractivity contribution is -0.124. The van der Waals surface area contributed by atoms with Gasteiger partial charge in [-0.2, -0.15) is 0 Å². The van der Waals surface area contributed by atoms with Crippen molar-refractivity contribution in [2.75, 3.05) is 18.1 Å². The molecule has 3 fully saturated rings. The first-order chi connectivity index (χ1) is 17.1. The van der Waals surface area contributed by atoms with Gasteiger partial charge >= 0.3 is 5.97 Å². The lowest BCUT2D eigenvalue weighted by Crippen LogP contribution is -2.47. The molecule has 1 aromatic heterocycles. The number of thiophene rings is 1. The summed E-state index contributed by atoms with van der Waals surface area (Å²) < 4.78 is 11.7. The Morgan fingerprint density at radius 3 is 2.33 bits per heavy atom. The summed E-state index contributed by atoms with van der Waals surface area (Å²) in [4.78, 5) is 29.1. The smallest absolute Gasteiger partial charge is 0.348 e. The van der Waals surface area contributed by atoms with Crippen molar-refractivity contribution in [2.45, 2.75) is 104 Å². The molecule has 36 heavy (non-hydrogen) atoms. The fourth-order valence-electron chi connectivity index (χ4n) is 5.56. The summed E-state index contributed by atoms with van der Waals surface area (Å²) in [6.07, 6.45) is 8.50. The second kappa shape index (κ2) is 11.7. The Morgan fingerprint density at radius 2 is 1.75 bits per heavy atom. The van der Waals surface area contributed by atoms with E-state index >= 15 is 0 Å². The van der Waals surface area contributed by atoms with Gasteiger partial charge < -0.3 is 19.5 Å². The van der Waals surface area contributed by atoms with Gasteiger partial charge in [0.2, 0.25) is 5.91 Å². The molecule has 2 heterocycles. The van der Waals surface area contributed by atoms with Gasteiger partial charge in [0.05, 0.1) is 29.4 Å². The normalized spacial score (nSPS) is 28.8. The second-order valence-corrected chi connectivity index (χ2v) is 12.9. The summed E-state index contributed by atoms with van der Waals surface area (Å²) >= 11 is 1.18. The number of ether oxygens (including phenoxy) is 2. The summed E-state index contributed by atoms with van der Waals surface area (Å²) in [5.74, 6) is 6.07. The van der Waals surface area contributed by atoms with E-state index in [1.807, 2.05) is 31.7 Å². The molecule has 2 aliphatic carbocycles. The zero-order valence-corrected chi connectivity index (χ0v) is 23.0. The van der Waals surface area contributed by atoms with Crippen LogP contribution in [0.15, 0.2) is 6.07 Å². The number of anilines is 1. The number of aromatic carboxylic acids is 1. The van der Waals surface area contributed by atoms with Crippen LogP contribution in [0, 0.1) is 29.1 Å². The highest BCUT2D eigenvalue weighted by Crippen LogP contribution is 2.39. The quantitative estimate of drug-likeness (QED) is 0.462. The molecule has 1 N–H and O–H groups in total. The van der Waals surface area contributed by atoms with Crippen molar-refractivity contribution in [1.82, 2.24) is 0 Å². The third-order valence-corrected chi connectivity index (χ3v) is 8.64. The second-order valence-electron chi connectivity index (χ2n) is 11.8. The van der Waals surface area contributed by atoms with Crippen LogP contribution in [0.1, 0.15) is 100 Å². The monoisotopic (exact) mass is 515 g/mol. The van der Waals surface area contributed by atoms with Crippen LogP contribution in [0.25, 0.3) is 0 Å². The fraction of sp³-hybridized carbons (Fsp3) is 0.724. The molecule has 0 aromatic carbocycles. The molecule has 0 bridgehead atoms. The number of rotatable bonds is 6. The van der Waals surface area contributed by atoms with Crippen molar-refractivity contribution in [3.05, 3.63) is 15.8 Å². The summed E-state index contributed by atoms with van der Waals surface area (Å²) in [7, 11) is 0. The first-order valence-corrected chi connectivity index (χ1v) is 14.4. The van der Waals surface area contributed by atoms with Crippen LogP contribution in [-0.4, -0.2) is 48.4 Å². The molecule has 1 unspecified atom stereocenters. The van der Waals surface area contributed by atoms with Crippen molar-refractivity contribution in [2.24, 2.45) is 17.3 Å². The molecular weight excluding hydrogens is 474 g/mol. The third kappa shape index (κ3) is 6.90. The number of nitrogens with zero attached hydrogens (tertiary/aromatic N) is 1. The Kier molecular flexibility index (Phi) is 8.80. The first kappa shape index (κ1) is 27.2. The first-order valence-electron chi connectivity index (χ1n) is 13.6. The molecule has 1 aliphatic heterocycles. The minimum atomic E-state index is -0.993. The van der Waals surface area contributed by atoms with E-state index in [2.05, 4.69) is 18.8 Å². The molecule has 6 nitrogen and oxygen atoms in total. The van der Waals surface area contributed by atoms with Gasteiger partial charge in [-0.05, 0) is 90.5 Å². The molecule has 1 atom stereocenters. The Balaban J connectivity index is 1.60. The Labute approximate surface area is 219 Å². The molecule has 7 heteroatoms. The minimum Gasteiger partial charge on any atom is -0.477 e. The van der Waals surface area contributed by atoms with Gasteiger partial charge in [0.25, 0.3) is 0 Å². The molecule has 4 rings (SSSR count). The number of carboxylic acid groups (broad SMARTS) is 1. The van der Waals surface area contributed by atoms with E-state index in [1.165, 1.54) is 11.3 Å². The lowest BCUT2D eigenvalue weighted by Gasteiger charge is -2.39. The van der Waals surface area contributed by atoms with Gasteiger partial charge in [-0.15, -0.1) is 11.3 Å². The van der Waals surface area contributed by atoms with E-state index in [1.54, 1.807) is 0 Å². The van der Waals surface area contributed by atoms with E-state index in [9.17, 15) is 14.7 Å². The van der Waals surface area contributed by atoms with Gasteiger partial charge in [-0.25, -0.2) is 4.79 Å². The molecule has 3 aliphatic rings. The summed E-state index contributed by atoms with van der Waals surface area (Å²) in [6, 6.07) is 1.82. The number of amides is 1. The molecule has 1 amide bonds. The standard InChI is InChI=1S/C29H41NO5S/c1-19-5-7-20(8-6-19)27(31)30(21-9-11-22(12-10-21)35-23-14-16-34-18-23)25-17-24(13-15-29(2,3)4)36-26(25)28(32)33/h17,19-23H,5-12,14,16,18H2,1-4H3,(H,32,33)/t19-,20-,21-,22+,23?. The van der Waals surface area contributed by atoms with Crippen LogP contribution in [-0.2, 0) is 14.3 Å². The molecule has 2 saturated carbocycles. The number of carbonyl (C=O) groups excluding carboxylic acids is 1. The van der Waals surface area contributed by atoms with E-state index in [0.29, 0.717) is 23.1 Å². The molecule has 198 valence electrons. The highest BCUT2D eigenvalue weighted by atomic mass is 32.1. The van der Waals surface area contributed by atoms with Crippen molar-refractivity contribution in [1.29, 1.82) is 0 Å². The van der Waals surface area contributed by atoms with Gasteiger partial charge in [-0.3, -0.25) is 4.79 Å². The van der Waals surface area contributed by atoms with Crippen molar-refractivity contribution >= 4 is 28.9 Å². The zero-order valence-electron chi connectivity index (χ0n) is 22.2. The largest absolute Gasteiger partial charge is 0.477 e. The average molecular weight is 516 g/mol. The molecule has 0 spiro atoms. The molecule has 1 aromatic rings. The molecule has 0 radical (unpaired) electrons. The number of hydrogen-bond acceptors (Lipinski definition) is 5. The Morgan fingerprint density at radius 1 is 1.06 bits per heavy atom. The SMILES string of the molecule is CC(C)(C)C#Cc1cc(N(C(=O)[C@H]2CC[C@H](C)CC2)[C@H]2CC[C@@H](OC3CCOC3)CC2)c(C(=O)O)s1. The predicted molar refractivity (Wildman–Crippen MR) is 143 cm³/mol. The van der Waals surface area contributed by atoms with E-state index in [-0.39, 0.29) is 40.4 Å². The van der Waals surface area contributed by atoms with Gasteiger partial charge in [-0.1, -0.05) is 18.8 Å². The van der Waals surface area contributed by atoms with Crippen LogP contribution in [0.3, 0.4) is 0 Å². The van der Waals surface area contributed by atoms with Crippen LogP contribution < -0.4 is 4.90 Å². The van der Waals surface area contributed by atoms with Gasteiger partial charge in [0.15, 0.2) is 0 Å². The zero-order chi connectivity index (χ0) is 25.9. The van der Waals surface area contributed by atoms with Gasteiger partial charge in [0, 0.05) is 24.0 Å². The maximum Gasteiger partial charge on any atom is 0.348 e. The van der Waals surface area contributed by atoms with Crippen LogP contribution in [0.2, 0.25) is 0 Å². The van der Waals surface area contributed by atoms with Crippen LogP contribution in [0.4, 0.5) is 5.69 Å². The number of hydrogen-bond donors (Lipinski definition) is 1. The Hall–Kier alpha value is -1.88. The topological polar surface area (TPSA) is 76.1 Å². The van der Waals surface area contributed by atoms with Crippen LogP contribution >= 0.6 is 11.3 Å². The van der Waals surface area contributed by atoms with Gasteiger partial charge in [0.1, 0.15) is 4.88 Å². The van der Waals surface area contributed by atoms with Crippen LogP contribution in [0.5, 0.6) is 0 Å². The van der Waals surface area contributed by atoms with E-state index in [0.717, 1.165) is 64.4 Å². The maximum absolute atomic E-state index is 14.0. The molecular formula is C29H41NO5S. The summed E-state index contributed by atoms with van der Waals surface area (Å²) in [5, 5.41) is 10.1. The predicted octanol–water partition coefficient (Wildman–Crippen LogP) is 6.12. The Bertz CT molecular complexity index is 978. The third-order valence-electron chi connectivity index (χ3n) is 7.61. The number of carbonyl (C=O) groups is 2. The maximum atomic E-state index is 14.0. The summed E-state index contributed by atoms with van der Waals surface area (Å²) in [5.41, 5.74) is 0.341. The lowest BCUT2D eigenvalue weighted by atomic mass is 9.81. The fourth-order valence-corrected chi connectivity index (χ4v) is 6.40. The van der Waals surface area contributed by atoms with Crippen molar-refractivity contribution in [3.63, 3.8) is 0 Å². The van der Waals surface area contributed by atoms with Crippen molar-refractivity contribution < 1.29 is 24.2 Å². The minimum absolute atomic E-state index is 0.0207. The average Bonchev–Trinajstić information content (AvgIpc) is 3.49. The highest BCUT2D eigenvalue weighted by Gasteiger charge is 2.38. The number of carboxylic acids is 1. The molecule has 1 saturated heterocycles. The van der Waals surface area contributed by atoms with Crippen molar-refractivity contribution in [3.8, 4) is 11.8 Å².